The van der Waals surface area contributed by atoms with Crippen molar-refractivity contribution in [3.05, 3.63) is 101 Å². The molecule has 162 valence electrons. The molecule has 4 nitrogen and oxygen atoms in total. The van der Waals surface area contributed by atoms with Crippen molar-refractivity contribution in [3.8, 4) is 0 Å². The predicted molar refractivity (Wildman–Crippen MR) is 117 cm³/mol. The molecule has 0 fully saturated rings. The molecule has 7 heteroatoms. The normalized spacial score (nSPS) is 12.2. The second kappa shape index (κ2) is 8.34. The van der Waals surface area contributed by atoms with Crippen LogP contribution in [-0.2, 0) is 6.18 Å². The minimum absolute atomic E-state index is 0.0284. The van der Waals surface area contributed by atoms with Gasteiger partial charge in [0.2, 0.25) is 5.55 Å². The number of para-hydroxylation sites is 2. The molecule has 0 aliphatic rings. The molecular formula is C25H19F3N2O2. The van der Waals surface area contributed by atoms with E-state index in [0.29, 0.717) is 16.7 Å². The maximum atomic E-state index is 13.5. The lowest BCUT2D eigenvalue weighted by atomic mass is 10.1. The van der Waals surface area contributed by atoms with Gasteiger partial charge in [-0.2, -0.15) is 13.2 Å². The fraction of sp³-hybridized carbons (Fsp3) is 0.120. The van der Waals surface area contributed by atoms with Gasteiger partial charge in [0.05, 0.1) is 11.3 Å². The van der Waals surface area contributed by atoms with Gasteiger partial charge in [0.1, 0.15) is 11.1 Å². The molecule has 0 aliphatic carbocycles. The van der Waals surface area contributed by atoms with Crippen molar-refractivity contribution in [1.29, 1.82) is 0 Å². The summed E-state index contributed by atoms with van der Waals surface area (Å²) < 4.78 is 46.2. The Balaban J connectivity index is 1.89. The third kappa shape index (κ3) is 4.42. The lowest BCUT2D eigenvalue weighted by Gasteiger charge is -2.11. The highest BCUT2D eigenvalue weighted by atomic mass is 19.4. The summed E-state index contributed by atoms with van der Waals surface area (Å²) in [5, 5.41) is 3.43. The van der Waals surface area contributed by atoms with E-state index in [1.54, 1.807) is 36.4 Å². The zero-order valence-corrected chi connectivity index (χ0v) is 17.3. The Morgan fingerprint density at radius 1 is 0.938 bits per heavy atom. The minimum atomic E-state index is -4.60. The van der Waals surface area contributed by atoms with Crippen LogP contribution in [0.1, 0.15) is 27.0 Å². The summed E-state index contributed by atoms with van der Waals surface area (Å²) in [6, 6.07) is 18.9. The predicted octanol–water partition coefficient (Wildman–Crippen LogP) is 6.55. The zero-order valence-electron chi connectivity index (χ0n) is 17.3. The Morgan fingerprint density at radius 3 is 2.41 bits per heavy atom. The van der Waals surface area contributed by atoms with E-state index in [0.717, 1.165) is 17.2 Å². The molecular weight excluding hydrogens is 417 g/mol. The summed E-state index contributed by atoms with van der Waals surface area (Å²) in [5.74, 6) is -0.533. The number of fused-ring (bicyclic) bond motifs is 1. The summed E-state index contributed by atoms with van der Waals surface area (Å²) in [7, 11) is 0. The van der Waals surface area contributed by atoms with E-state index in [9.17, 15) is 18.0 Å². The van der Waals surface area contributed by atoms with Gasteiger partial charge >= 0.3 is 6.18 Å². The van der Waals surface area contributed by atoms with Gasteiger partial charge in [-0.15, -0.1) is 0 Å². The molecule has 1 N–H and O–H groups in total. The van der Waals surface area contributed by atoms with Gasteiger partial charge in [-0.05, 0) is 49.7 Å². The standard InChI is InChI=1S/C25H19F3N2O2/c1-15-11-12-20(16(2)13-15)29-23(31)18-14-17-7-3-6-10-22(17)32-24(18)30-21-9-5-4-8-19(21)25(26,27)28/h3-14H,1-2H3,(H,29,31). The molecule has 4 rings (SSSR count). The van der Waals surface area contributed by atoms with E-state index in [1.165, 1.54) is 18.2 Å². The van der Waals surface area contributed by atoms with E-state index < -0.39 is 17.6 Å². The molecule has 0 spiro atoms. The second-order valence-electron chi connectivity index (χ2n) is 7.40. The molecule has 3 aromatic carbocycles. The van der Waals surface area contributed by atoms with E-state index >= 15 is 0 Å². The van der Waals surface area contributed by atoms with Gasteiger partial charge in [0, 0.05) is 11.1 Å². The number of hydrogen-bond donors (Lipinski definition) is 1. The number of amides is 1. The minimum Gasteiger partial charge on any atom is -0.438 e. The number of nitrogens with one attached hydrogen (secondary N) is 1. The van der Waals surface area contributed by atoms with Crippen molar-refractivity contribution in [2.24, 2.45) is 4.99 Å². The smallest absolute Gasteiger partial charge is 0.418 e. The van der Waals surface area contributed by atoms with Crippen LogP contribution in [0.5, 0.6) is 0 Å². The molecule has 0 atom stereocenters. The molecule has 0 unspecified atom stereocenters. The van der Waals surface area contributed by atoms with Crippen molar-refractivity contribution in [2.75, 3.05) is 5.32 Å². The molecule has 1 amide bonds. The number of anilines is 1. The summed E-state index contributed by atoms with van der Waals surface area (Å²) in [5.41, 5.74) is 1.47. The van der Waals surface area contributed by atoms with Crippen molar-refractivity contribution in [3.63, 3.8) is 0 Å². The Morgan fingerprint density at radius 2 is 1.66 bits per heavy atom. The van der Waals surface area contributed by atoms with Crippen molar-refractivity contribution in [2.45, 2.75) is 20.0 Å². The number of nitrogens with zero attached hydrogens (tertiary/aromatic N) is 1. The maximum absolute atomic E-state index is 13.5. The van der Waals surface area contributed by atoms with Gasteiger partial charge in [-0.1, -0.05) is 48.0 Å². The number of hydrogen-bond acceptors (Lipinski definition) is 3. The number of alkyl halides is 3. The number of rotatable bonds is 3. The largest absolute Gasteiger partial charge is 0.438 e. The summed E-state index contributed by atoms with van der Waals surface area (Å²) in [4.78, 5) is 17.2. The van der Waals surface area contributed by atoms with E-state index in [1.807, 2.05) is 26.0 Å². The second-order valence-corrected chi connectivity index (χ2v) is 7.40. The molecule has 0 aliphatic heterocycles. The molecule has 1 aromatic heterocycles. The Kier molecular flexibility index (Phi) is 5.57. The van der Waals surface area contributed by atoms with Gasteiger partial charge in [0.25, 0.3) is 5.91 Å². The highest BCUT2D eigenvalue weighted by Gasteiger charge is 2.33. The Bertz CT molecular complexity index is 1390. The lowest BCUT2D eigenvalue weighted by Crippen LogP contribution is -2.22. The number of aryl methyl sites for hydroxylation is 2. The van der Waals surface area contributed by atoms with Crippen LogP contribution in [-0.4, -0.2) is 5.91 Å². The third-order valence-corrected chi connectivity index (χ3v) is 4.96. The number of benzene rings is 3. The molecule has 0 saturated carbocycles. The summed E-state index contributed by atoms with van der Waals surface area (Å²) in [6.07, 6.45) is -4.60. The van der Waals surface area contributed by atoms with Crippen LogP contribution >= 0.6 is 0 Å². The van der Waals surface area contributed by atoms with E-state index in [2.05, 4.69) is 10.3 Å². The average Bonchev–Trinajstić information content (AvgIpc) is 2.75. The number of carbonyl (C=O) groups is 1. The van der Waals surface area contributed by atoms with Crippen molar-refractivity contribution >= 4 is 28.3 Å². The Hall–Kier alpha value is -3.87. The molecule has 0 saturated heterocycles. The molecule has 32 heavy (non-hydrogen) atoms. The van der Waals surface area contributed by atoms with Gasteiger partial charge < -0.3 is 9.73 Å². The number of halogens is 3. The SMILES string of the molecule is Cc1ccc(NC(=O)c2cc3ccccc3oc2=Nc2ccccc2C(F)(F)F)c(C)c1. The van der Waals surface area contributed by atoms with E-state index in [-0.39, 0.29) is 16.8 Å². The van der Waals surface area contributed by atoms with Crippen LogP contribution in [0, 0.1) is 13.8 Å². The first-order chi connectivity index (χ1) is 15.2. The van der Waals surface area contributed by atoms with Crippen LogP contribution in [0.25, 0.3) is 11.0 Å². The van der Waals surface area contributed by atoms with Crippen LogP contribution in [0.3, 0.4) is 0 Å². The number of carbonyl (C=O) groups excluding carboxylic acids is 1. The quantitative estimate of drug-likeness (QED) is 0.396. The van der Waals surface area contributed by atoms with Crippen molar-refractivity contribution < 1.29 is 22.4 Å². The van der Waals surface area contributed by atoms with Gasteiger partial charge in [-0.3, -0.25) is 4.79 Å². The molecule has 0 bridgehead atoms. The first-order valence-electron chi connectivity index (χ1n) is 9.85. The van der Waals surface area contributed by atoms with Crippen LogP contribution in [0.2, 0.25) is 0 Å². The summed E-state index contributed by atoms with van der Waals surface area (Å²) >= 11 is 0. The third-order valence-electron chi connectivity index (χ3n) is 4.96. The van der Waals surface area contributed by atoms with Gasteiger partial charge in [-0.25, -0.2) is 4.99 Å². The monoisotopic (exact) mass is 436 g/mol. The Labute approximate surface area is 182 Å². The summed E-state index contributed by atoms with van der Waals surface area (Å²) in [6.45, 7) is 3.80. The molecule has 0 radical (unpaired) electrons. The molecule has 1 heterocycles. The zero-order chi connectivity index (χ0) is 22.9. The fourth-order valence-electron chi connectivity index (χ4n) is 3.38. The van der Waals surface area contributed by atoms with Gasteiger partial charge in [0.15, 0.2) is 0 Å². The highest BCUT2D eigenvalue weighted by molar-refractivity contribution is 6.05. The van der Waals surface area contributed by atoms with Crippen molar-refractivity contribution in [1.82, 2.24) is 0 Å². The lowest BCUT2D eigenvalue weighted by molar-refractivity contribution is -0.137. The molecule has 4 aromatic rings. The van der Waals surface area contributed by atoms with Crippen LogP contribution in [0.15, 0.2) is 82.2 Å². The fourth-order valence-corrected chi connectivity index (χ4v) is 3.38. The topological polar surface area (TPSA) is 54.6 Å². The van der Waals surface area contributed by atoms with Crippen LogP contribution < -0.4 is 10.9 Å². The first-order valence-corrected chi connectivity index (χ1v) is 9.85. The first kappa shape index (κ1) is 21.4. The van der Waals surface area contributed by atoms with Crippen LogP contribution in [0.4, 0.5) is 24.5 Å². The maximum Gasteiger partial charge on any atom is 0.418 e. The highest BCUT2D eigenvalue weighted by Crippen LogP contribution is 2.35. The average molecular weight is 436 g/mol. The van der Waals surface area contributed by atoms with E-state index in [4.69, 9.17) is 4.42 Å².